The molecule has 2 aromatic rings. The van der Waals surface area contributed by atoms with E-state index in [9.17, 15) is 9.18 Å². The van der Waals surface area contributed by atoms with E-state index in [2.05, 4.69) is 5.32 Å². The summed E-state index contributed by atoms with van der Waals surface area (Å²) in [4.78, 5) is 12.0. The first-order valence-electron chi connectivity index (χ1n) is 5.91. The second-order valence-corrected chi connectivity index (χ2v) is 4.46. The zero-order valence-corrected chi connectivity index (χ0v) is 10.8. The van der Waals surface area contributed by atoms with Gasteiger partial charge in [-0.2, -0.15) is 0 Å². The molecule has 0 atom stereocenters. The van der Waals surface area contributed by atoms with E-state index < -0.39 is 11.7 Å². The molecule has 0 aliphatic heterocycles. The van der Waals surface area contributed by atoms with Crippen molar-refractivity contribution in [2.24, 2.45) is 0 Å². The second kappa shape index (κ2) is 5.10. The monoisotopic (exact) mass is 258 g/mol. The third-order valence-corrected chi connectivity index (χ3v) is 2.97. The SMILES string of the molecule is Cc1ccc(NC(=O)c2cccc(C)c2F)cc1N. The maximum atomic E-state index is 13.8. The van der Waals surface area contributed by atoms with Gasteiger partial charge in [-0.1, -0.05) is 18.2 Å². The first-order chi connectivity index (χ1) is 8.99. The number of nitrogens with two attached hydrogens (primary N) is 1. The smallest absolute Gasteiger partial charge is 0.258 e. The van der Waals surface area contributed by atoms with Crippen LogP contribution in [0.15, 0.2) is 36.4 Å². The van der Waals surface area contributed by atoms with Crippen molar-refractivity contribution in [1.29, 1.82) is 0 Å². The van der Waals surface area contributed by atoms with Crippen LogP contribution in [0, 0.1) is 19.7 Å². The Kier molecular flexibility index (Phi) is 3.51. The maximum Gasteiger partial charge on any atom is 0.258 e. The number of anilines is 2. The van der Waals surface area contributed by atoms with Gasteiger partial charge in [-0.25, -0.2) is 4.39 Å². The number of halogens is 1. The van der Waals surface area contributed by atoms with Crippen molar-refractivity contribution in [3.63, 3.8) is 0 Å². The Hall–Kier alpha value is -2.36. The average molecular weight is 258 g/mol. The van der Waals surface area contributed by atoms with E-state index in [0.29, 0.717) is 16.9 Å². The quantitative estimate of drug-likeness (QED) is 0.812. The Bertz CT molecular complexity index is 638. The van der Waals surface area contributed by atoms with E-state index in [1.54, 1.807) is 37.3 Å². The van der Waals surface area contributed by atoms with Gasteiger partial charge in [0.1, 0.15) is 5.82 Å². The topological polar surface area (TPSA) is 55.1 Å². The Morgan fingerprint density at radius 1 is 1.16 bits per heavy atom. The molecule has 0 aliphatic carbocycles. The molecule has 0 bridgehead atoms. The van der Waals surface area contributed by atoms with Gasteiger partial charge in [0, 0.05) is 11.4 Å². The highest BCUT2D eigenvalue weighted by molar-refractivity contribution is 6.04. The minimum atomic E-state index is -0.500. The average Bonchev–Trinajstić information content (AvgIpc) is 2.37. The van der Waals surface area contributed by atoms with Crippen LogP contribution in [-0.4, -0.2) is 5.91 Å². The summed E-state index contributed by atoms with van der Waals surface area (Å²) in [5, 5.41) is 2.64. The van der Waals surface area contributed by atoms with E-state index >= 15 is 0 Å². The van der Waals surface area contributed by atoms with Crippen molar-refractivity contribution >= 4 is 17.3 Å². The molecule has 0 radical (unpaired) electrons. The predicted molar refractivity (Wildman–Crippen MR) is 74.7 cm³/mol. The van der Waals surface area contributed by atoms with Gasteiger partial charge in [-0.15, -0.1) is 0 Å². The lowest BCUT2D eigenvalue weighted by molar-refractivity contribution is 0.102. The Morgan fingerprint density at radius 3 is 2.58 bits per heavy atom. The third kappa shape index (κ3) is 2.73. The molecule has 2 aromatic carbocycles. The summed E-state index contributed by atoms with van der Waals surface area (Å²) in [6.07, 6.45) is 0. The zero-order chi connectivity index (χ0) is 14.0. The fourth-order valence-corrected chi connectivity index (χ4v) is 1.74. The summed E-state index contributed by atoms with van der Waals surface area (Å²) in [6.45, 7) is 3.50. The molecule has 0 saturated heterocycles. The third-order valence-electron chi connectivity index (χ3n) is 2.97. The highest BCUT2D eigenvalue weighted by Gasteiger charge is 2.13. The van der Waals surface area contributed by atoms with Crippen molar-refractivity contribution in [3.8, 4) is 0 Å². The summed E-state index contributed by atoms with van der Waals surface area (Å²) in [5.41, 5.74) is 8.30. The molecule has 0 spiro atoms. The molecule has 0 unspecified atom stereocenters. The predicted octanol–water partition coefficient (Wildman–Crippen LogP) is 3.28. The highest BCUT2D eigenvalue weighted by atomic mass is 19.1. The van der Waals surface area contributed by atoms with Crippen molar-refractivity contribution in [2.75, 3.05) is 11.1 Å². The summed E-state index contributed by atoms with van der Waals surface area (Å²) in [5.74, 6) is -0.982. The number of hydrogen-bond donors (Lipinski definition) is 2. The van der Waals surface area contributed by atoms with Gasteiger partial charge in [0.15, 0.2) is 0 Å². The number of aryl methyl sites for hydroxylation is 2. The van der Waals surface area contributed by atoms with E-state index in [-0.39, 0.29) is 5.56 Å². The first kappa shape index (κ1) is 13.1. The van der Waals surface area contributed by atoms with Crippen molar-refractivity contribution < 1.29 is 9.18 Å². The number of rotatable bonds is 2. The Balaban J connectivity index is 2.26. The van der Waals surface area contributed by atoms with Gasteiger partial charge >= 0.3 is 0 Å². The standard InChI is InChI=1S/C15H15FN2O/c1-9-6-7-11(8-13(9)17)18-15(19)12-5-3-4-10(2)14(12)16/h3-8H,17H2,1-2H3,(H,18,19). The minimum Gasteiger partial charge on any atom is -0.398 e. The van der Waals surface area contributed by atoms with E-state index in [1.807, 2.05) is 6.92 Å². The lowest BCUT2D eigenvalue weighted by Crippen LogP contribution is -2.14. The molecule has 3 nitrogen and oxygen atoms in total. The summed E-state index contributed by atoms with van der Waals surface area (Å²) in [6, 6.07) is 9.91. The molecule has 0 aliphatic rings. The van der Waals surface area contributed by atoms with Crippen LogP contribution in [0.5, 0.6) is 0 Å². The molecule has 98 valence electrons. The molecular weight excluding hydrogens is 243 g/mol. The molecule has 0 saturated carbocycles. The number of carbonyl (C=O) groups excluding carboxylic acids is 1. The van der Waals surface area contributed by atoms with E-state index in [0.717, 1.165) is 5.56 Å². The summed E-state index contributed by atoms with van der Waals surface area (Å²) >= 11 is 0. The summed E-state index contributed by atoms with van der Waals surface area (Å²) in [7, 11) is 0. The number of hydrogen-bond acceptors (Lipinski definition) is 2. The lowest BCUT2D eigenvalue weighted by atomic mass is 10.1. The fourth-order valence-electron chi connectivity index (χ4n) is 1.74. The van der Waals surface area contributed by atoms with Crippen molar-refractivity contribution in [2.45, 2.75) is 13.8 Å². The van der Waals surface area contributed by atoms with Crippen LogP contribution >= 0.6 is 0 Å². The number of nitrogens with one attached hydrogen (secondary N) is 1. The van der Waals surface area contributed by atoms with Crippen molar-refractivity contribution in [3.05, 3.63) is 58.9 Å². The largest absolute Gasteiger partial charge is 0.398 e. The normalized spacial score (nSPS) is 10.3. The van der Waals surface area contributed by atoms with E-state index in [1.165, 1.54) is 6.07 Å². The van der Waals surface area contributed by atoms with Gasteiger partial charge in [0.25, 0.3) is 5.91 Å². The van der Waals surface area contributed by atoms with E-state index in [4.69, 9.17) is 5.73 Å². The highest BCUT2D eigenvalue weighted by Crippen LogP contribution is 2.19. The lowest BCUT2D eigenvalue weighted by Gasteiger charge is -2.09. The van der Waals surface area contributed by atoms with Gasteiger partial charge in [-0.3, -0.25) is 4.79 Å². The van der Waals surface area contributed by atoms with Crippen LogP contribution in [0.2, 0.25) is 0 Å². The van der Waals surface area contributed by atoms with Crippen LogP contribution in [0.3, 0.4) is 0 Å². The van der Waals surface area contributed by atoms with Crippen molar-refractivity contribution in [1.82, 2.24) is 0 Å². The first-order valence-corrected chi connectivity index (χ1v) is 5.91. The maximum absolute atomic E-state index is 13.8. The molecule has 0 aromatic heterocycles. The van der Waals surface area contributed by atoms with Gasteiger partial charge in [0.2, 0.25) is 0 Å². The number of nitrogen functional groups attached to an aromatic ring is 1. The number of benzene rings is 2. The van der Waals surface area contributed by atoms with Gasteiger partial charge in [0.05, 0.1) is 5.56 Å². The van der Waals surface area contributed by atoms with Crippen LogP contribution in [0.4, 0.5) is 15.8 Å². The Labute approximate surface area is 111 Å². The van der Waals surface area contributed by atoms with Crippen LogP contribution in [0.25, 0.3) is 0 Å². The second-order valence-electron chi connectivity index (χ2n) is 4.46. The Morgan fingerprint density at radius 2 is 1.89 bits per heavy atom. The molecule has 19 heavy (non-hydrogen) atoms. The molecule has 2 rings (SSSR count). The minimum absolute atomic E-state index is 0.0270. The van der Waals surface area contributed by atoms with Crippen LogP contribution in [0.1, 0.15) is 21.5 Å². The fraction of sp³-hybridized carbons (Fsp3) is 0.133. The molecule has 3 N–H and O–H groups in total. The van der Waals surface area contributed by atoms with Crippen LogP contribution < -0.4 is 11.1 Å². The molecule has 0 fully saturated rings. The van der Waals surface area contributed by atoms with Gasteiger partial charge < -0.3 is 11.1 Å². The number of amides is 1. The van der Waals surface area contributed by atoms with Gasteiger partial charge in [-0.05, 0) is 43.2 Å². The molecular formula is C15H15FN2O. The summed E-state index contributed by atoms with van der Waals surface area (Å²) < 4.78 is 13.8. The zero-order valence-electron chi connectivity index (χ0n) is 10.8. The number of carbonyl (C=O) groups is 1. The van der Waals surface area contributed by atoms with Crippen LogP contribution in [-0.2, 0) is 0 Å². The molecule has 1 amide bonds. The molecule has 0 heterocycles. The molecule has 4 heteroatoms.